The minimum Gasteiger partial charge on any atom is -0.378 e. The number of hydrogen-bond acceptors (Lipinski definition) is 5. The molecule has 2 aliphatic heterocycles. The molecule has 3 aliphatic rings. The van der Waals surface area contributed by atoms with Crippen LogP contribution in [-0.4, -0.2) is 71.0 Å². The van der Waals surface area contributed by atoms with E-state index in [4.69, 9.17) is 4.74 Å². The third-order valence-electron chi connectivity index (χ3n) is 5.48. The second-order valence-corrected chi connectivity index (χ2v) is 7.08. The number of hydrogen-bond donors (Lipinski definition) is 0. The smallest absolute Gasteiger partial charge is 0.274 e. The van der Waals surface area contributed by atoms with Gasteiger partial charge in [-0.25, -0.2) is 4.98 Å². The molecule has 1 aromatic rings. The number of aromatic nitrogens is 2. The van der Waals surface area contributed by atoms with Crippen molar-refractivity contribution in [3.05, 3.63) is 23.8 Å². The van der Waals surface area contributed by atoms with E-state index in [0.717, 1.165) is 18.5 Å². The lowest BCUT2D eigenvalue weighted by Gasteiger charge is -2.27. The summed E-state index contributed by atoms with van der Waals surface area (Å²) >= 11 is 0. The van der Waals surface area contributed by atoms with Gasteiger partial charge in [-0.1, -0.05) is 0 Å². The Labute approximate surface area is 141 Å². The van der Waals surface area contributed by atoms with Crippen molar-refractivity contribution in [2.75, 3.05) is 39.4 Å². The Morgan fingerprint density at radius 3 is 2.67 bits per heavy atom. The minimum atomic E-state index is -0.0798. The summed E-state index contributed by atoms with van der Waals surface area (Å²) in [5.41, 5.74) is 1.17. The fraction of sp³-hybridized carbons (Fsp3) is 0.647. The van der Waals surface area contributed by atoms with Crippen molar-refractivity contribution in [2.45, 2.75) is 19.8 Å². The number of amides is 2. The van der Waals surface area contributed by atoms with Crippen molar-refractivity contribution in [1.82, 2.24) is 19.8 Å². The quantitative estimate of drug-likeness (QED) is 0.789. The van der Waals surface area contributed by atoms with E-state index in [1.807, 2.05) is 16.7 Å². The van der Waals surface area contributed by atoms with Crippen molar-refractivity contribution in [1.29, 1.82) is 0 Å². The summed E-state index contributed by atoms with van der Waals surface area (Å²) in [6.07, 6.45) is 4.94. The van der Waals surface area contributed by atoms with Crippen LogP contribution in [-0.2, 0) is 9.53 Å². The summed E-state index contributed by atoms with van der Waals surface area (Å²) in [4.78, 5) is 37.3. The summed E-state index contributed by atoms with van der Waals surface area (Å²) in [5, 5.41) is 0. The van der Waals surface area contributed by atoms with Crippen LogP contribution in [0.5, 0.6) is 0 Å². The summed E-state index contributed by atoms with van der Waals surface area (Å²) in [6, 6.07) is 0. The molecule has 2 saturated heterocycles. The maximum atomic E-state index is 12.7. The van der Waals surface area contributed by atoms with E-state index in [2.05, 4.69) is 9.97 Å². The van der Waals surface area contributed by atoms with Crippen molar-refractivity contribution in [3.63, 3.8) is 0 Å². The van der Waals surface area contributed by atoms with Crippen LogP contribution in [0.2, 0.25) is 0 Å². The van der Waals surface area contributed by atoms with E-state index in [0.29, 0.717) is 45.1 Å². The summed E-state index contributed by atoms with van der Waals surface area (Å²) in [6.45, 7) is 5.83. The van der Waals surface area contributed by atoms with Crippen molar-refractivity contribution >= 4 is 11.8 Å². The molecular weight excluding hydrogens is 308 g/mol. The van der Waals surface area contributed by atoms with Crippen LogP contribution < -0.4 is 0 Å². The first kappa shape index (κ1) is 15.5. The highest BCUT2D eigenvalue weighted by molar-refractivity contribution is 5.92. The Kier molecular flexibility index (Phi) is 3.75. The normalized spacial score (nSPS) is 29.1. The monoisotopic (exact) mass is 330 g/mol. The Morgan fingerprint density at radius 1 is 1.17 bits per heavy atom. The first-order valence-electron chi connectivity index (χ1n) is 8.53. The Morgan fingerprint density at radius 2 is 1.96 bits per heavy atom. The van der Waals surface area contributed by atoms with Crippen LogP contribution >= 0.6 is 0 Å². The molecule has 7 heteroatoms. The molecule has 1 saturated carbocycles. The number of carbonyl (C=O) groups is 2. The van der Waals surface area contributed by atoms with Crippen LogP contribution in [0.4, 0.5) is 0 Å². The molecule has 2 atom stereocenters. The molecule has 24 heavy (non-hydrogen) atoms. The van der Waals surface area contributed by atoms with Gasteiger partial charge in [-0.05, 0) is 19.8 Å². The van der Waals surface area contributed by atoms with Crippen molar-refractivity contribution < 1.29 is 14.3 Å². The molecule has 2 unspecified atom stereocenters. The third-order valence-corrected chi connectivity index (χ3v) is 5.48. The van der Waals surface area contributed by atoms with Crippen molar-refractivity contribution in [3.8, 4) is 0 Å². The zero-order valence-corrected chi connectivity index (χ0v) is 13.9. The molecule has 1 spiro atoms. The zero-order chi connectivity index (χ0) is 16.7. The van der Waals surface area contributed by atoms with E-state index >= 15 is 0 Å². The van der Waals surface area contributed by atoms with Gasteiger partial charge in [0.1, 0.15) is 5.69 Å². The highest BCUT2D eigenvalue weighted by Crippen LogP contribution is 2.59. The first-order chi connectivity index (χ1) is 11.6. The molecule has 128 valence electrons. The highest BCUT2D eigenvalue weighted by Gasteiger charge is 2.62. The highest BCUT2D eigenvalue weighted by atomic mass is 16.5. The van der Waals surface area contributed by atoms with Crippen LogP contribution in [0.3, 0.4) is 0 Å². The van der Waals surface area contributed by atoms with Gasteiger partial charge < -0.3 is 14.5 Å². The maximum absolute atomic E-state index is 12.7. The molecule has 0 aromatic carbocycles. The lowest BCUT2D eigenvalue weighted by molar-refractivity contribution is -0.137. The van der Waals surface area contributed by atoms with Gasteiger partial charge in [0.25, 0.3) is 5.91 Å². The number of morpholine rings is 1. The molecular formula is C17H22N4O3. The van der Waals surface area contributed by atoms with Gasteiger partial charge >= 0.3 is 0 Å². The van der Waals surface area contributed by atoms with E-state index in [-0.39, 0.29) is 23.1 Å². The molecule has 0 bridgehead atoms. The second kappa shape index (κ2) is 5.81. The molecule has 2 amide bonds. The van der Waals surface area contributed by atoms with E-state index in [9.17, 15) is 9.59 Å². The summed E-state index contributed by atoms with van der Waals surface area (Å²) in [5.74, 6) is 0.226. The Hall–Kier alpha value is -2.02. The molecule has 1 aliphatic carbocycles. The van der Waals surface area contributed by atoms with Gasteiger partial charge in [0.05, 0.1) is 25.1 Å². The van der Waals surface area contributed by atoms with E-state index in [1.54, 1.807) is 6.20 Å². The largest absolute Gasteiger partial charge is 0.378 e. The van der Waals surface area contributed by atoms with E-state index in [1.165, 1.54) is 6.20 Å². The Bertz CT molecular complexity index is 656. The van der Waals surface area contributed by atoms with Crippen molar-refractivity contribution in [2.24, 2.45) is 11.3 Å². The SMILES string of the molecule is Cc1cnc(C(=O)N2CCC3(CC3C(=O)N3CCOCC3)C2)cn1. The summed E-state index contributed by atoms with van der Waals surface area (Å²) in [7, 11) is 0. The van der Waals surface area contributed by atoms with Crippen LogP contribution in [0.15, 0.2) is 12.4 Å². The predicted octanol–water partition coefficient (Wildman–Crippen LogP) is 0.496. The lowest BCUT2D eigenvalue weighted by atomic mass is 10.0. The van der Waals surface area contributed by atoms with Gasteiger partial charge in [0, 0.05) is 43.7 Å². The second-order valence-electron chi connectivity index (χ2n) is 7.08. The fourth-order valence-corrected chi connectivity index (χ4v) is 3.89. The average molecular weight is 330 g/mol. The predicted molar refractivity (Wildman–Crippen MR) is 85.2 cm³/mol. The topological polar surface area (TPSA) is 75.6 Å². The number of likely N-dealkylation sites (tertiary alicyclic amines) is 1. The van der Waals surface area contributed by atoms with Crippen LogP contribution in [0.1, 0.15) is 29.0 Å². The molecule has 7 nitrogen and oxygen atoms in total. The van der Waals surface area contributed by atoms with Gasteiger partial charge in [0.2, 0.25) is 5.91 Å². The zero-order valence-electron chi connectivity index (χ0n) is 13.9. The summed E-state index contributed by atoms with van der Waals surface area (Å²) < 4.78 is 5.31. The lowest BCUT2D eigenvalue weighted by Crippen LogP contribution is -2.42. The minimum absolute atomic E-state index is 0.0107. The number of ether oxygens (including phenoxy) is 1. The van der Waals surface area contributed by atoms with Gasteiger partial charge in [-0.2, -0.15) is 0 Å². The molecule has 0 N–H and O–H groups in total. The maximum Gasteiger partial charge on any atom is 0.274 e. The average Bonchev–Trinajstić information content (AvgIpc) is 3.15. The van der Waals surface area contributed by atoms with Gasteiger partial charge in [-0.15, -0.1) is 0 Å². The van der Waals surface area contributed by atoms with Crippen LogP contribution in [0.25, 0.3) is 0 Å². The third kappa shape index (κ3) is 2.66. The number of rotatable bonds is 2. The molecule has 1 aromatic heterocycles. The first-order valence-corrected chi connectivity index (χ1v) is 8.53. The number of carbonyl (C=O) groups excluding carboxylic acids is 2. The van der Waals surface area contributed by atoms with Crippen LogP contribution in [0, 0.1) is 18.3 Å². The Balaban J connectivity index is 1.39. The standard InChI is InChI=1S/C17H22N4O3/c1-12-9-19-14(10-18-12)16(23)21-3-2-17(11-21)8-13(17)15(22)20-4-6-24-7-5-20/h9-10,13H,2-8,11H2,1H3. The molecule has 3 fully saturated rings. The molecule has 4 rings (SSSR count). The van der Waals surface area contributed by atoms with Gasteiger partial charge in [-0.3, -0.25) is 14.6 Å². The number of aryl methyl sites for hydroxylation is 1. The fourth-order valence-electron chi connectivity index (χ4n) is 3.89. The number of nitrogens with zero attached hydrogens (tertiary/aromatic N) is 4. The van der Waals surface area contributed by atoms with Gasteiger partial charge in [0.15, 0.2) is 0 Å². The molecule has 3 heterocycles. The van der Waals surface area contributed by atoms with E-state index < -0.39 is 0 Å². The molecule has 0 radical (unpaired) electrons.